The average Bonchev–Trinajstić information content (AvgIpc) is 2.85. The summed E-state index contributed by atoms with van der Waals surface area (Å²) in [5.41, 5.74) is 1.27. The van der Waals surface area contributed by atoms with Gasteiger partial charge in [0.25, 0.3) is 0 Å². The molecule has 2 atom stereocenters. The molecule has 1 saturated carbocycles. The van der Waals surface area contributed by atoms with Gasteiger partial charge in [-0.1, -0.05) is 15.9 Å². The van der Waals surface area contributed by atoms with E-state index >= 15 is 0 Å². The quantitative estimate of drug-likeness (QED) is 0.822. The molecule has 1 aromatic carbocycles. The minimum Gasteiger partial charge on any atom is -0.493 e. The number of fused-ring (bicyclic) bond motifs is 1. The molecule has 0 radical (unpaired) electrons. The number of carbonyl (C=O) groups excluding carboxylic acids is 1. The van der Waals surface area contributed by atoms with E-state index in [1.807, 2.05) is 6.07 Å². The number of ketones is 1. The molecule has 1 aliphatic heterocycles. The van der Waals surface area contributed by atoms with Crippen LogP contribution in [0.3, 0.4) is 0 Å². The largest absolute Gasteiger partial charge is 0.493 e. The van der Waals surface area contributed by atoms with Crippen molar-refractivity contribution in [3.05, 3.63) is 22.2 Å². The smallest absolute Gasteiger partial charge is 0.161 e. The maximum atomic E-state index is 12.0. The zero-order valence-electron chi connectivity index (χ0n) is 13.3. The van der Waals surface area contributed by atoms with Gasteiger partial charge in [0.05, 0.1) is 14.2 Å². The van der Waals surface area contributed by atoms with Crippen LogP contribution in [0.1, 0.15) is 31.2 Å². The Hall–Kier alpha value is -1.07. The standard InChI is InChI=1S/C17H22BrNO3/c1-19-7-6-17(5-4-11(20)8-16(17)19)12-9-14(21-2)15(22-3)10-13(12)18/h9-10,16H,4-8H2,1-3H3. The number of rotatable bonds is 3. The molecule has 1 heterocycles. The van der Waals surface area contributed by atoms with Crippen molar-refractivity contribution in [2.24, 2.45) is 0 Å². The summed E-state index contributed by atoms with van der Waals surface area (Å²) in [6, 6.07) is 4.35. The molecule has 0 N–H and O–H groups in total. The highest BCUT2D eigenvalue weighted by molar-refractivity contribution is 9.10. The molecule has 0 spiro atoms. The second-order valence-electron chi connectivity index (χ2n) is 6.33. The molecule has 2 fully saturated rings. The fourth-order valence-corrected chi connectivity index (χ4v) is 4.84. The zero-order valence-corrected chi connectivity index (χ0v) is 14.9. The fraction of sp³-hybridized carbons (Fsp3) is 0.588. The summed E-state index contributed by atoms with van der Waals surface area (Å²) < 4.78 is 11.9. The van der Waals surface area contributed by atoms with Crippen LogP contribution in [-0.4, -0.2) is 44.5 Å². The van der Waals surface area contributed by atoms with Crippen LogP contribution < -0.4 is 9.47 Å². The molecule has 22 heavy (non-hydrogen) atoms. The minimum absolute atomic E-state index is 0.0288. The maximum Gasteiger partial charge on any atom is 0.161 e. The van der Waals surface area contributed by atoms with Gasteiger partial charge >= 0.3 is 0 Å². The molecule has 1 aromatic rings. The number of likely N-dealkylation sites (N-methyl/N-ethyl adjacent to an activating group) is 1. The molecule has 3 rings (SSSR count). The van der Waals surface area contributed by atoms with Gasteiger partial charge in [-0.15, -0.1) is 0 Å². The fourth-order valence-electron chi connectivity index (χ4n) is 4.13. The van der Waals surface area contributed by atoms with E-state index in [0.29, 0.717) is 18.6 Å². The number of hydrogen-bond acceptors (Lipinski definition) is 4. The van der Waals surface area contributed by atoms with Crippen LogP contribution in [0.15, 0.2) is 16.6 Å². The van der Waals surface area contributed by atoms with Crippen LogP contribution >= 0.6 is 15.9 Å². The van der Waals surface area contributed by atoms with E-state index in [1.54, 1.807) is 14.2 Å². The number of benzene rings is 1. The zero-order chi connectivity index (χ0) is 15.9. The van der Waals surface area contributed by atoms with Crippen molar-refractivity contribution in [2.75, 3.05) is 27.8 Å². The van der Waals surface area contributed by atoms with Gasteiger partial charge in [0.15, 0.2) is 11.5 Å². The van der Waals surface area contributed by atoms with E-state index in [0.717, 1.165) is 35.4 Å². The molecule has 2 aliphatic rings. The highest BCUT2D eigenvalue weighted by Gasteiger charge is 2.51. The average molecular weight is 368 g/mol. The van der Waals surface area contributed by atoms with Crippen molar-refractivity contribution < 1.29 is 14.3 Å². The van der Waals surface area contributed by atoms with Gasteiger partial charge in [0.1, 0.15) is 5.78 Å². The Morgan fingerprint density at radius 2 is 1.91 bits per heavy atom. The molecular formula is C17H22BrNO3. The molecular weight excluding hydrogens is 346 g/mol. The first-order chi connectivity index (χ1) is 10.5. The van der Waals surface area contributed by atoms with Crippen LogP contribution in [0.25, 0.3) is 0 Å². The topological polar surface area (TPSA) is 38.8 Å². The van der Waals surface area contributed by atoms with Gasteiger partial charge in [-0.2, -0.15) is 0 Å². The molecule has 2 unspecified atom stereocenters. The van der Waals surface area contributed by atoms with Gasteiger partial charge in [0, 0.05) is 28.8 Å². The second-order valence-corrected chi connectivity index (χ2v) is 7.19. The number of methoxy groups -OCH3 is 2. The van der Waals surface area contributed by atoms with Crippen molar-refractivity contribution in [2.45, 2.75) is 37.1 Å². The maximum absolute atomic E-state index is 12.0. The Morgan fingerprint density at radius 1 is 1.23 bits per heavy atom. The van der Waals surface area contributed by atoms with Gasteiger partial charge in [-0.25, -0.2) is 0 Å². The summed E-state index contributed by atoms with van der Waals surface area (Å²) in [5.74, 6) is 1.86. The van der Waals surface area contributed by atoms with Crippen LogP contribution in [0.2, 0.25) is 0 Å². The van der Waals surface area contributed by atoms with Gasteiger partial charge < -0.3 is 14.4 Å². The van der Waals surface area contributed by atoms with Crippen molar-refractivity contribution in [1.82, 2.24) is 4.90 Å². The molecule has 5 heteroatoms. The monoisotopic (exact) mass is 367 g/mol. The Kier molecular flexibility index (Phi) is 4.21. The Balaban J connectivity index is 2.10. The van der Waals surface area contributed by atoms with E-state index < -0.39 is 0 Å². The van der Waals surface area contributed by atoms with Crippen molar-refractivity contribution in [3.63, 3.8) is 0 Å². The van der Waals surface area contributed by atoms with Crippen molar-refractivity contribution >= 4 is 21.7 Å². The first-order valence-electron chi connectivity index (χ1n) is 7.66. The van der Waals surface area contributed by atoms with Crippen LogP contribution in [-0.2, 0) is 10.2 Å². The Bertz CT molecular complexity index is 604. The summed E-state index contributed by atoms with van der Waals surface area (Å²) in [6.45, 7) is 1.03. The second kappa shape index (κ2) is 5.85. The first kappa shape index (κ1) is 15.8. The van der Waals surface area contributed by atoms with Crippen LogP contribution in [0.4, 0.5) is 0 Å². The number of hydrogen-bond donors (Lipinski definition) is 0. The molecule has 0 aromatic heterocycles. The lowest BCUT2D eigenvalue weighted by atomic mass is 9.66. The van der Waals surface area contributed by atoms with Gasteiger partial charge in [-0.3, -0.25) is 4.79 Å². The number of halogens is 1. The third kappa shape index (κ3) is 2.35. The Labute approximate surface area is 139 Å². The number of nitrogens with zero attached hydrogens (tertiary/aromatic N) is 1. The molecule has 0 amide bonds. The summed E-state index contributed by atoms with van der Waals surface area (Å²) in [6.07, 6.45) is 3.31. The van der Waals surface area contributed by atoms with Crippen LogP contribution in [0, 0.1) is 0 Å². The normalized spacial score (nSPS) is 28.5. The lowest BCUT2D eigenvalue weighted by molar-refractivity contribution is -0.122. The van der Waals surface area contributed by atoms with Crippen molar-refractivity contribution in [1.29, 1.82) is 0 Å². The van der Waals surface area contributed by atoms with Gasteiger partial charge in [0.2, 0.25) is 0 Å². The summed E-state index contributed by atoms with van der Waals surface area (Å²) in [7, 11) is 5.43. The number of ether oxygens (including phenoxy) is 2. The number of Topliss-reactive ketones (excluding diaryl/α,β-unsaturated/α-hetero) is 1. The molecule has 4 nitrogen and oxygen atoms in total. The third-order valence-corrected chi connectivity index (χ3v) is 6.02. The molecule has 0 bridgehead atoms. The Morgan fingerprint density at radius 3 is 2.59 bits per heavy atom. The minimum atomic E-state index is 0.0288. The summed E-state index contributed by atoms with van der Waals surface area (Å²) in [5, 5.41) is 0. The molecule has 1 aliphatic carbocycles. The van der Waals surface area contributed by atoms with Crippen LogP contribution in [0.5, 0.6) is 11.5 Å². The van der Waals surface area contributed by atoms with E-state index in [1.165, 1.54) is 5.56 Å². The SMILES string of the molecule is COc1cc(Br)c(C23CCC(=O)CC2N(C)CC3)cc1OC. The van der Waals surface area contributed by atoms with E-state index in [4.69, 9.17) is 9.47 Å². The highest BCUT2D eigenvalue weighted by atomic mass is 79.9. The predicted molar refractivity (Wildman–Crippen MR) is 88.8 cm³/mol. The summed E-state index contributed by atoms with van der Waals surface area (Å²) >= 11 is 3.71. The van der Waals surface area contributed by atoms with Gasteiger partial charge in [-0.05, 0) is 44.1 Å². The number of likely N-dealkylation sites (tertiary alicyclic amines) is 1. The van der Waals surface area contributed by atoms with Crippen molar-refractivity contribution in [3.8, 4) is 11.5 Å². The molecule has 120 valence electrons. The highest BCUT2D eigenvalue weighted by Crippen LogP contribution is 2.51. The first-order valence-corrected chi connectivity index (χ1v) is 8.45. The van der Waals surface area contributed by atoms with E-state index in [-0.39, 0.29) is 11.5 Å². The van der Waals surface area contributed by atoms with E-state index in [9.17, 15) is 4.79 Å². The summed E-state index contributed by atoms with van der Waals surface area (Å²) in [4.78, 5) is 14.3. The number of carbonyl (C=O) groups is 1. The van der Waals surface area contributed by atoms with E-state index in [2.05, 4.69) is 33.9 Å². The predicted octanol–water partition coefficient (Wildman–Crippen LogP) is 3.16. The lowest BCUT2D eigenvalue weighted by Crippen LogP contribution is -2.46. The third-order valence-electron chi connectivity index (χ3n) is 5.36. The lowest BCUT2D eigenvalue weighted by Gasteiger charge is -2.41. The molecule has 1 saturated heterocycles.